The van der Waals surface area contributed by atoms with Gasteiger partial charge in [-0.05, 0) is 41.8 Å². The molecule has 0 spiro atoms. The molecule has 2 bridgehead atoms. The number of urea groups is 1. The average Bonchev–Trinajstić information content (AvgIpc) is 3.19. The summed E-state index contributed by atoms with van der Waals surface area (Å²) in [6.45, 7) is 3.41. The third kappa shape index (κ3) is 3.42. The smallest absolute Gasteiger partial charge is 0.335 e. The number of nitrogens with zero attached hydrogens (tertiary/aromatic N) is 2. The first-order chi connectivity index (χ1) is 15.9. The molecule has 1 unspecified atom stereocenters. The van der Waals surface area contributed by atoms with Crippen molar-refractivity contribution in [1.29, 1.82) is 0 Å². The molecule has 3 amide bonds. The third-order valence-corrected chi connectivity index (χ3v) is 6.48. The molecule has 3 heterocycles. The van der Waals surface area contributed by atoms with Gasteiger partial charge in [0.1, 0.15) is 5.75 Å². The van der Waals surface area contributed by atoms with Gasteiger partial charge in [-0.2, -0.15) is 0 Å². The number of hydrogen-bond donors (Lipinski definition) is 2. The second-order valence-corrected chi connectivity index (χ2v) is 8.62. The van der Waals surface area contributed by atoms with E-state index in [0.717, 1.165) is 45.5 Å². The van der Waals surface area contributed by atoms with Gasteiger partial charge in [-0.1, -0.05) is 19.1 Å². The molecule has 170 valence electrons. The van der Waals surface area contributed by atoms with Crippen molar-refractivity contribution in [1.82, 2.24) is 14.8 Å². The summed E-state index contributed by atoms with van der Waals surface area (Å²) in [5, 5.41) is 10.2. The number of benzene rings is 2. The lowest BCUT2D eigenvalue weighted by Gasteiger charge is -2.40. The van der Waals surface area contributed by atoms with Gasteiger partial charge in [0, 0.05) is 42.2 Å². The Bertz CT molecular complexity index is 1280. The maximum absolute atomic E-state index is 13.1. The van der Waals surface area contributed by atoms with Crippen LogP contribution in [0.5, 0.6) is 5.75 Å². The number of fused-ring (bicyclic) bond motifs is 6. The number of amides is 3. The molecule has 1 aromatic heterocycles. The van der Waals surface area contributed by atoms with E-state index in [1.807, 2.05) is 31.2 Å². The zero-order valence-electron chi connectivity index (χ0n) is 18.6. The number of aromatic nitrogens is 1. The van der Waals surface area contributed by atoms with Gasteiger partial charge in [0.05, 0.1) is 24.6 Å². The van der Waals surface area contributed by atoms with Gasteiger partial charge in [0.15, 0.2) is 0 Å². The molecule has 2 aromatic carbocycles. The van der Waals surface area contributed by atoms with Crippen LogP contribution in [0.25, 0.3) is 10.9 Å². The lowest BCUT2D eigenvalue weighted by molar-refractivity contribution is -0.132. The number of aromatic amines is 1. The van der Waals surface area contributed by atoms with Crippen molar-refractivity contribution in [3.05, 3.63) is 64.3 Å². The van der Waals surface area contributed by atoms with Crippen molar-refractivity contribution >= 4 is 28.8 Å². The molecule has 5 rings (SSSR count). The molecule has 2 aliphatic heterocycles. The Morgan fingerprint density at radius 2 is 1.94 bits per heavy atom. The number of rotatable bonds is 6. The van der Waals surface area contributed by atoms with Crippen molar-refractivity contribution in [3.63, 3.8) is 0 Å². The highest BCUT2D eigenvalue weighted by atomic mass is 16.5. The van der Waals surface area contributed by atoms with Gasteiger partial charge < -0.3 is 19.7 Å². The number of carbonyl (C=O) groups is 3. The van der Waals surface area contributed by atoms with Crippen LogP contribution in [-0.2, 0) is 17.8 Å². The summed E-state index contributed by atoms with van der Waals surface area (Å²) in [6.07, 6.45) is 1.39. The highest BCUT2D eigenvalue weighted by Crippen LogP contribution is 2.42. The number of carboxylic acids is 1. The fraction of sp³-hybridized carbons (Fsp3) is 0.320. The quantitative estimate of drug-likeness (QED) is 0.599. The Kier molecular flexibility index (Phi) is 5.08. The maximum atomic E-state index is 13.1. The molecule has 3 aromatic rings. The Morgan fingerprint density at radius 1 is 1.18 bits per heavy atom. The van der Waals surface area contributed by atoms with Crippen LogP contribution in [0.1, 0.15) is 52.0 Å². The highest BCUT2D eigenvalue weighted by Gasteiger charge is 2.44. The number of H-pyrrole nitrogens is 1. The molecular formula is C25H25N3O5. The van der Waals surface area contributed by atoms with Crippen LogP contribution in [0.3, 0.4) is 0 Å². The van der Waals surface area contributed by atoms with Crippen LogP contribution in [0.4, 0.5) is 4.79 Å². The topological polar surface area (TPSA) is 103 Å². The minimum absolute atomic E-state index is 0.199. The van der Waals surface area contributed by atoms with E-state index >= 15 is 0 Å². The molecule has 33 heavy (non-hydrogen) atoms. The molecule has 2 aliphatic rings. The lowest BCUT2D eigenvalue weighted by atomic mass is 9.86. The molecule has 8 heteroatoms. The number of likely N-dealkylation sites (N-methyl/N-ethyl adjacent to an activating group) is 1. The molecule has 8 nitrogen and oxygen atoms in total. The van der Waals surface area contributed by atoms with Crippen LogP contribution >= 0.6 is 0 Å². The Balaban J connectivity index is 1.66. The molecular weight excluding hydrogens is 422 g/mol. The molecule has 1 saturated heterocycles. The number of hydrogen-bond acceptors (Lipinski definition) is 4. The number of aromatic carboxylic acids is 1. The summed E-state index contributed by atoms with van der Waals surface area (Å²) in [4.78, 5) is 43.1. The van der Waals surface area contributed by atoms with E-state index in [1.54, 1.807) is 17.0 Å². The largest absolute Gasteiger partial charge is 0.493 e. The maximum Gasteiger partial charge on any atom is 0.335 e. The van der Waals surface area contributed by atoms with E-state index in [2.05, 4.69) is 4.98 Å². The summed E-state index contributed by atoms with van der Waals surface area (Å²) in [6, 6.07) is 10.4. The number of carboxylic acid groups (broad SMARTS) is 1. The first-order valence-electron chi connectivity index (χ1n) is 11.1. The standard InChI is InChI=1S/C25H25N3O5/c1-3-10-33-20-9-8-18-21(16(20)11-14-4-6-15(7-5-14)24(30)31)22-17-12-28(13-19(22)26-18)25(32)27(2)23(17)29/h4-9,17,26H,3,10-13H2,1-2H3,(H,30,31). The predicted molar refractivity (Wildman–Crippen MR) is 122 cm³/mol. The van der Waals surface area contributed by atoms with Gasteiger partial charge in [-0.25, -0.2) is 9.59 Å². The second kappa shape index (κ2) is 7.95. The van der Waals surface area contributed by atoms with Crippen LogP contribution in [-0.4, -0.2) is 58.0 Å². The summed E-state index contributed by atoms with van der Waals surface area (Å²) < 4.78 is 6.09. The molecule has 0 aliphatic carbocycles. The molecule has 2 N–H and O–H groups in total. The monoisotopic (exact) mass is 447 g/mol. The summed E-state index contributed by atoms with van der Waals surface area (Å²) >= 11 is 0. The lowest BCUT2D eigenvalue weighted by Crippen LogP contribution is -2.55. The first-order valence-corrected chi connectivity index (χ1v) is 11.1. The average molecular weight is 447 g/mol. The van der Waals surface area contributed by atoms with E-state index in [1.165, 1.54) is 11.9 Å². The highest BCUT2D eigenvalue weighted by molar-refractivity contribution is 6.04. The van der Waals surface area contributed by atoms with Crippen molar-refractivity contribution in [2.24, 2.45) is 0 Å². The van der Waals surface area contributed by atoms with Crippen molar-refractivity contribution in [2.45, 2.75) is 32.2 Å². The van der Waals surface area contributed by atoms with Crippen molar-refractivity contribution in [3.8, 4) is 5.75 Å². The minimum Gasteiger partial charge on any atom is -0.493 e. The third-order valence-electron chi connectivity index (χ3n) is 6.48. The Labute approximate surface area is 190 Å². The molecule has 1 atom stereocenters. The fourth-order valence-electron chi connectivity index (χ4n) is 4.88. The minimum atomic E-state index is -0.964. The summed E-state index contributed by atoms with van der Waals surface area (Å²) in [5.41, 5.74) is 4.86. The van der Waals surface area contributed by atoms with Crippen molar-refractivity contribution < 1.29 is 24.2 Å². The van der Waals surface area contributed by atoms with E-state index in [-0.39, 0.29) is 17.5 Å². The van der Waals surface area contributed by atoms with Crippen LogP contribution in [0.2, 0.25) is 0 Å². The van der Waals surface area contributed by atoms with E-state index < -0.39 is 11.9 Å². The van der Waals surface area contributed by atoms with Crippen LogP contribution in [0, 0.1) is 0 Å². The van der Waals surface area contributed by atoms with E-state index in [0.29, 0.717) is 26.1 Å². The van der Waals surface area contributed by atoms with Gasteiger partial charge >= 0.3 is 12.0 Å². The van der Waals surface area contributed by atoms with Crippen LogP contribution < -0.4 is 4.74 Å². The zero-order chi connectivity index (χ0) is 23.3. The van der Waals surface area contributed by atoms with Gasteiger partial charge in [0.2, 0.25) is 5.91 Å². The number of ether oxygens (including phenoxy) is 1. The van der Waals surface area contributed by atoms with Gasteiger partial charge in [-0.3, -0.25) is 9.69 Å². The second-order valence-electron chi connectivity index (χ2n) is 8.62. The summed E-state index contributed by atoms with van der Waals surface area (Å²) in [5.74, 6) is -0.840. The number of carbonyl (C=O) groups excluding carboxylic acids is 2. The van der Waals surface area contributed by atoms with Crippen molar-refractivity contribution in [2.75, 3.05) is 20.2 Å². The van der Waals surface area contributed by atoms with Gasteiger partial charge in [-0.15, -0.1) is 0 Å². The van der Waals surface area contributed by atoms with E-state index in [9.17, 15) is 19.5 Å². The summed E-state index contributed by atoms with van der Waals surface area (Å²) in [7, 11) is 1.53. The molecule has 0 saturated carbocycles. The van der Waals surface area contributed by atoms with Gasteiger partial charge in [0.25, 0.3) is 0 Å². The van der Waals surface area contributed by atoms with E-state index in [4.69, 9.17) is 4.74 Å². The fourth-order valence-corrected chi connectivity index (χ4v) is 4.88. The van der Waals surface area contributed by atoms with Crippen LogP contribution in [0.15, 0.2) is 36.4 Å². The zero-order valence-corrected chi connectivity index (χ0v) is 18.6. The predicted octanol–water partition coefficient (Wildman–Crippen LogP) is 3.74. The number of nitrogens with one attached hydrogen (secondary N) is 1. The first kappa shape index (κ1) is 21.1. The SMILES string of the molecule is CCCOc1ccc2[nH]c3c(c2c1Cc1ccc(C(=O)O)cc1)C1CN(C3)C(=O)N(C)C1=O. The Hall–Kier alpha value is -3.81. The molecule has 1 fully saturated rings. The molecule has 0 radical (unpaired) electrons. The normalized spacial score (nSPS) is 17.5. The Morgan fingerprint density at radius 3 is 2.64 bits per heavy atom. The number of imide groups is 1.